The van der Waals surface area contributed by atoms with Gasteiger partial charge in [0.2, 0.25) is 5.91 Å². The number of ether oxygens (including phenoxy) is 1. The molecule has 2 aliphatic heterocycles. The van der Waals surface area contributed by atoms with Gasteiger partial charge in [-0.2, -0.15) is 0 Å². The zero-order valence-corrected chi connectivity index (χ0v) is 17.7. The number of nitrogens with one attached hydrogen (secondary N) is 2. The molecule has 1 fully saturated rings. The fraction of sp³-hybridized carbons (Fsp3) is 0.591. The van der Waals surface area contributed by atoms with Crippen molar-refractivity contribution >= 4 is 23.3 Å². The number of carbonyl (C=O) groups excluding carboxylic acids is 3. The van der Waals surface area contributed by atoms with Crippen LogP contribution >= 0.6 is 0 Å². The first-order chi connectivity index (χ1) is 13.8. The van der Waals surface area contributed by atoms with Gasteiger partial charge in [0.05, 0.1) is 6.10 Å². The second-order valence-electron chi connectivity index (χ2n) is 8.49. The molecule has 1 aromatic carbocycles. The minimum Gasteiger partial charge on any atom is -0.374 e. The summed E-state index contributed by atoms with van der Waals surface area (Å²) >= 11 is 0. The molecule has 0 aromatic heterocycles. The minimum absolute atomic E-state index is 0.0108. The van der Waals surface area contributed by atoms with Crippen molar-refractivity contribution < 1.29 is 19.1 Å². The summed E-state index contributed by atoms with van der Waals surface area (Å²) in [5, 5.41) is 5.63. The van der Waals surface area contributed by atoms with Crippen molar-refractivity contribution in [1.82, 2.24) is 10.6 Å². The number of fused-ring (bicyclic) bond motifs is 1. The summed E-state index contributed by atoms with van der Waals surface area (Å²) in [5.74, 6) is -0.556. The fourth-order valence-corrected chi connectivity index (χ4v) is 3.98. The normalized spacial score (nSPS) is 22.4. The van der Waals surface area contributed by atoms with Gasteiger partial charge in [-0.1, -0.05) is 13.8 Å². The molecule has 0 aliphatic carbocycles. The quantitative estimate of drug-likeness (QED) is 0.757. The van der Waals surface area contributed by atoms with E-state index < -0.39 is 12.1 Å². The van der Waals surface area contributed by atoms with Crippen molar-refractivity contribution in [2.45, 2.75) is 58.2 Å². The molecule has 7 heteroatoms. The Labute approximate surface area is 172 Å². The average molecular weight is 402 g/mol. The molecule has 29 heavy (non-hydrogen) atoms. The maximum Gasteiger partial charge on any atom is 0.251 e. The summed E-state index contributed by atoms with van der Waals surface area (Å²) < 4.78 is 5.30. The maximum atomic E-state index is 12.9. The van der Waals surface area contributed by atoms with Crippen LogP contribution in [0.4, 0.5) is 5.69 Å². The number of nitrogens with zero attached hydrogens (tertiary/aromatic N) is 1. The van der Waals surface area contributed by atoms with Crippen LogP contribution in [0.5, 0.6) is 0 Å². The second kappa shape index (κ2) is 8.95. The zero-order valence-electron chi connectivity index (χ0n) is 17.7. The molecule has 0 saturated carbocycles. The Bertz CT molecular complexity index is 792. The number of Topliss-reactive ketones (excluding diaryl/α,β-unsaturated/α-hetero) is 1. The van der Waals surface area contributed by atoms with E-state index >= 15 is 0 Å². The van der Waals surface area contributed by atoms with Crippen LogP contribution in [0.15, 0.2) is 18.2 Å². The molecule has 3 atom stereocenters. The van der Waals surface area contributed by atoms with Crippen LogP contribution in [0.3, 0.4) is 0 Å². The summed E-state index contributed by atoms with van der Waals surface area (Å²) in [7, 11) is 2.05. The number of benzene rings is 1. The number of ketones is 1. The van der Waals surface area contributed by atoms with Gasteiger partial charge >= 0.3 is 0 Å². The molecule has 1 aromatic rings. The van der Waals surface area contributed by atoms with Crippen molar-refractivity contribution in [1.29, 1.82) is 0 Å². The number of rotatable bonds is 6. The lowest BCUT2D eigenvalue weighted by Crippen LogP contribution is -2.53. The number of aryl methyl sites for hydroxylation is 1. The number of hydrogen-bond acceptors (Lipinski definition) is 5. The smallest absolute Gasteiger partial charge is 0.251 e. The largest absolute Gasteiger partial charge is 0.374 e. The van der Waals surface area contributed by atoms with Gasteiger partial charge in [0.15, 0.2) is 5.78 Å². The third-order valence-electron chi connectivity index (χ3n) is 5.62. The summed E-state index contributed by atoms with van der Waals surface area (Å²) in [6.07, 6.45) is 2.13. The Morgan fingerprint density at radius 2 is 2.07 bits per heavy atom. The van der Waals surface area contributed by atoms with Crippen molar-refractivity contribution in [2.24, 2.45) is 5.92 Å². The van der Waals surface area contributed by atoms with E-state index in [0.29, 0.717) is 12.0 Å². The summed E-state index contributed by atoms with van der Waals surface area (Å²) in [6, 6.07) is 4.32. The summed E-state index contributed by atoms with van der Waals surface area (Å²) in [4.78, 5) is 39.8. The third kappa shape index (κ3) is 4.96. The highest BCUT2D eigenvalue weighted by Gasteiger charge is 2.35. The van der Waals surface area contributed by atoms with Crippen molar-refractivity contribution in [2.75, 3.05) is 25.1 Å². The van der Waals surface area contributed by atoms with E-state index in [9.17, 15) is 14.4 Å². The molecule has 0 radical (unpaired) electrons. The summed E-state index contributed by atoms with van der Waals surface area (Å²) in [5.41, 5.74) is 2.85. The molecular formula is C22H31N3O4. The number of carbonyl (C=O) groups is 3. The molecule has 0 bridgehead atoms. The van der Waals surface area contributed by atoms with E-state index in [4.69, 9.17) is 4.74 Å². The van der Waals surface area contributed by atoms with Crippen LogP contribution in [-0.4, -0.2) is 56.0 Å². The molecule has 7 nitrogen and oxygen atoms in total. The lowest BCUT2D eigenvalue weighted by molar-refractivity contribution is -0.127. The molecule has 0 spiro atoms. The predicted octanol–water partition coefficient (Wildman–Crippen LogP) is 1.69. The number of anilines is 1. The van der Waals surface area contributed by atoms with Gasteiger partial charge < -0.3 is 20.3 Å². The highest BCUT2D eigenvalue weighted by molar-refractivity contribution is 5.99. The second-order valence-corrected chi connectivity index (χ2v) is 8.49. The lowest BCUT2D eigenvalue weighted by Gasteiger charge is -2.28. The minimum atomic E-state index is -0.707. The van der Waals surface area contributed by atoms with Gasteiger partial charge in [-0.25, -0.2) is 0 Å². The Morgan fingerprint density at radius 3 is 2.72 bits per heavy atom. The Hall–Kier alpha value is -2.41. The molecule has 2 aliphatic rings. The van der Waals surface area contributed by atoms with Gasteiger partial charge in [-0.3, -0.25) is 14.4 Å². The molecule has 0 unspecified atom stereocenters. The van der Waals surface area contributed by atoms with E-state index in [2.05, 4.69) is 22.6 Å². The maximum absolute atomic E-state index is 12.9. The third-order valence-corrected chi connectivity index (χ3v) is 5.62. The van der Waals surface area contributed by atoms with Crippen LogP contribution in [-0.2, 0) is 20.7 Å². The Morgan fingerprint density at radius 1 is 1.31 bits per heavy atom. The highest BCUT2D eigenvalue weighted by atomic mass is 16.5. The average Bonchev–Trinajstić information content (AvgIpc) is 2.99. The van der Waals surface area contributed by atoms with Crippen molar-refractivity contribution in [3.05, 3.63) is 29.3 Å². The summed E-state index contributed by atoms with van der Waals surface area (Å²) in [6.45, 7) is 6.77. The monoisotopic (exact) mass is 401 g/mol. The first-order valence-electron chi connectivity index (χ1n) is 10.4. The topological polar surface area (TPSA) is 87.7 Å². The molecule has 3 rings (SSSR count). The zero-order chi connectivity index (χ0) is 21.1. The van der Waals surface area contributed by atoms with Crippen LogP contribution < -0.4 is 15.5 Å². The fourth-order valence-electron chi connectivity index (χ4n) is 3.98. The molecular weight excluding hydrogens is 370 g/mol. The predicted molar refractivity (Wildman–Crippen MR) is 111 cm³/mol. The first-order valence-corrected chi connectivity index (χ1v) is 10.4. The van der Waals surface area contributed by atoms with Gasteiger partial charge in [-0.15, -0.1) is 0 Å². The molecule has 2 amide bonds. The highest BCUT2D eigenvalue weighted by Crippen LogP contribution is 2.26. The lowest BCUT2D eigenvalue weighted by atomic mass is 9.98. The standard InChI is InChI=1S/C22H31N3O4/c1-13(2)10-17(22(28)24-20-14(3)29-12-19(20)26)23-21(27)16-7-8-18-15(11-16)6-5-9-25(18)4/h7-8,11,13-14,17,20H,5-6,9-10,12H2,1-4H3,(H,23,27)(H,24,28)/t14-,17+,20+/m1/s1. The van der Waals surface area contributed by atoms with E-state index in [1.165, 1.54) is 0 Å². The Kier molecular flexibility index (Phi) is 6.57. The van der Waals surface area contributed by atoms with Gasteiger partial charge in [0, 0.05) is 24.8 Å². The van der Waals surface area contributed by atoms with Crippen LogP contribution in [0.1, 0.15) is 49.5 Å². The van der Waals surface area contributed by atoms with Crippen LogP contribution in [0.25, 0.3) is 0 Å². The molecule has 2 N–H and O–H groups in total. The van der Waals surface area contributed by atoms with Gasteiger partial charge in [-0.05, 0) is 55.9 Å². The van der Waals surface area contributed by atoms with Crippen LogP contribution in [0, 0.1) is 5.92 Å². The van der Waals surface area contributed by atoms with Gasteiger partial charge in [0.1, 0.15) is 18.7 Å². The Balaban J connectivity index is 1.71. The van der Waals surface area contributed by atoms with E-state index in [0.717, 1.165) is 30.6 Å². The first kappa shape index (κ1) is 21.3. The van der Waals surface area contributed by atoms with E-state index in [-0.39, 0.29) is 36.2 Å². The molecule has 2 heterocycles. The van der Waals surface area contributed by atoms with Crippen molar-refractivity contribution in [3.8, 4) is 0 Å². The SMILES string of the molecule is CC(C)C[C@H](NC(=O)c1ccc2c(c1)CCCN2C)C(=O)N[C@@H]1C(=O)CO[C@@H]1C. The molecule has 158 valence electrons. The van der Waals surface area contributed by atoms with Crippen molar-refractivity contribution in [3.63, 3.8) is 0 Å². The number of hydrogen-bond donors (Lipinski definition) is 2. The van der Waals surface area contributed by atoms with Gasteiger partial charge in [0.25, 0.3) is 5.91 Å². The van der Waals surface area contributed by atoms with Crippen LogP contribution in [0.2, 0.25) is 0 Å². The van der Waals surface area contributed by atoms with E-state index in [1.807, 2.05) is 26.0 Å². The van der Waals surface area contributed by atoms with E-state index in [1.54, 1.807) is 13.0 Å². The molecule has 1 saturated heterocycles. The number of amides is 2.